The molecule has 0 unspecified atom stereocenters. The molecular weight excluding hydrogens is 362 g/mol. The minimum Gasteiger partial charge on any atom is -0.352 e. The van der Waals surface area contributed by atoms with Gasteiger partial charge in [-0.3, -0.25) is 4.79 Å². The Hall–Kier alpha value is -2.82. The first-order valence-corrected chi connectivity index (χ1v) is 10.6. The molecule has 0 bridgehead atoms. The molecule has 152 valence electrons. The number of hydrogen-bond acceptors (Lipinski definition) is 2. The van der Waals surface area contributed by atoms with Gasteiger partial charge in [0, 0.05) is 30.9 Å². The van der Waals surface area contributed by atoms with E-state index in [1.54, 1.807) is 24.3 Å². The van der Waals surface area contributed by atoms with Crippen LogP contribution in [0.1, 0.15) is 48.0 Å². The van der Waals surface area contributed by atoms with Crippen LogP contribution in [-0.2, 0) is 6.42 Å². The second kappa shape index (κ2) is 8.68. The first-order valence-electron chi connectivity index (χ1n) is 10.6. The van der Waals surface area contributed by atoms with Gasteiger partial charge in [0.05, 0.1) is 0 Å². The van der Waals surface area contributed by atoms with Gasteiger partial charge in [-0.15, -0.1) is 0 Å². The van der Waals surface area contributed by atoms with E-state index in [0.717, 1.165) is 38.0 Å². The summed E-state index contributed by atoms with van der Waals surface area (Å²) >= 11 is 0. The average Bonchev–Trinajstić information content (AvgIpc) is 3.55. The van der Waals surface area contributed by atoms with Gasteiger partial charge in [-0.1, -0.05) is 30.3 Å². The Bertz CT molecular complexity index is 844. The third-order valence-electron chi connectivity index (χ3n) is 6.23. The topological polar surface area (TPSA) is 61.4 Å². The van der Waals surface area contributed by atoms with Crippen LogP contribution >= 0.6 is 0 Å². The van der Waals surface area contributed by atoms with Crippen molar-refractivity contribution in [3.63, 3.8) is 0 Å². The molecule has 29 heavy (non-hydrogen) atoms. The van der Waals surface area contributed by atoms with Crippen LogP contribution in [0, 0.1) is 5.41 Å². The van der Waals surface area contributed by atoms with Gasteiger partial charge in [0.2, 0.25) is 0 Å². The summed E-state index contributed by atoms with van der Waals surface area (Å²) in [5.74, 6) is -0.0962. The molecule has 2 aromatic carbocycles. The summed E-state index contributed by atoms with van der Waals surface area (Å²) in [5, 5.41) is 5.92. The SMILES string of the molecule is O=C(NCCc1ccccc1)c1ccc(NC(=O)N2CCCC3(CC2)CC3)cc1. The van der Waals surface area contributed by atoms with Crippen molar-refractivity contribution in [1.82, 2.24) is 10.2 Å². The van der Waals surface area contributed by atoms with Gasteiger partial charge in [-0.05, 0) is 73.8 Å². The van der Waals surface area contributed by atoms with Crippen LogP contribution < -0.4 is 10.6 Å². The highest BCUT2D eigenvalue weighted by atomic mass is 16.2. The normalized spacial score (nSPS) is 17.4. The average molecular weight is 392 g/mol. The lowest BCUT2D eigenvalue weighted by Crippen LogP contribution is -2.35. The molecule has 2 fully saturated rings. The lowest BCUT2D eigenvalue weighted by atomic mass is 9.98. The fourth-order valence-corrected chi connectivity index (χ4v) is 4.11. The Morgan fingerprint density at radius 3 is 2.38 bits per heavy atom. The molecule has 1 spiro atoms. The number of amides is 3. The van der Waals surface area contributed by atoms with Gasteiger partial charge in [0.1, 0.15) is 0 Å². The number of nitrogens with one attached hydrogen (secondary N) is 2. The molecule has 5 heteroatoms. The van der Waals surface area contributed by atoms with Gasteiger partial charge >= 0.3 is 6.03 Å². The minimum atomic E-state index is -0.0962. The van der Waals surface area contributed by atoms with Crippen molar-refractivity contribution < 1.29 is 9.59 Å². The molecule has 1 aliphatic heterocycles. The molecule has 2 aliphatic rings. The molecule has 1 saturated carbocycles. The monoisotopic (exact) mass is 391 g/mol. The highest BCUT2D eigenvalue weighted by Gasteiger charge is 2.43. The molecule has 4 rings (SSSR count). The molecule has 1 heterocycles. The van der Waals surface area contributed by atoms with E-state index in [2.05, 4.69) is 22.8 Å². The van der Waals surface area contributed by atoms with Crippen LogP contribution in [0.2, 0.25) is 0 Å². The van der Waals surface area contributed by atoms with Crippen molar-refractivity contribution in [2.24, 2.45) is 5.41 Å². The van der Waals surface area contributed by atoms with Crippen LogP contribution in [0.3, 0.4) is 0 Å². The molecular formula is C24H29N3O2. The smallest absolute Gasteiger partial charge is 0.321 e. The lowest BCUT2D eigenvalue weighted by molar-refractivity contribution is 0.0954. The second-order valence-electron chi connectivity index (χ2n) is 8.34. The predicted octanol–water partition coefficient (Wildman–Crippen LogP) is 4.46. The van der Waals surface area contributed by atoms with Crippen LogP contribution in [0.4, 0.5) is 10.5 Å². The van der Waals surface area contributed by atoms with E-state index in [4.69, 9.17) is 0 Å². The molecule has 2 aromatic rings. The highest BCUT2D eigenvalue weighted by Crippen LogP contribution is 2.53. The first kappa shape index (κ1) is 19.5. The molecule has 2 N–H and O–H groups in total. The maximum Gasteiger partial charge on any atom is 0.321 e. The van der Waals surface area contributed by atoms with Gasteiger partial charge in [-0.25, -0.2) is 4.79 Å². The van der Waals surface area contributed by atoms with Crippen molar-refractivity contribution >= 4 is 17.6 Å². The van der Waals surface area contributed by atoms with Crippen LogP contribution in [-0.4, -0.2) is 36.5 Å². The Morgan fingerprint density at radius 1 is 0.897 bits per heavy atom. The fourth-order valence-electron chi connectivity index (χ4n) is 4.11. The number of carbonyl (C=O) groups is 2. The number of carbonyl (C=O) groups excluding carboxylic acids is 2. The molecule has 3 amide bonds. The van der Waals surface area contributed by atoms with Crippen LogP contribution in [0.15, 0.2) is 54.6 Å². The van der Waals surface area contributed by atoms with E-state index in [0.29, 0.717) is 17.5 Å². The van der Waals surface area contributed by atoms with Crippen LogP contribution in [0.5, 0.6) is 0 Å². The molecule has 1 aliphatic carbocycles. The van der Waals surface area contributed by atoms with E-state index in [9.17, 15) is 9.59 Å². The number of nitrogens with zero attached hydrogens (tertiary/aromatic N) is 1. The summed E-state index contributed by atoms with van der Waals surface area (Å²) in [4.78, 5) is 26.8. The highest BCUT2D eigenvalue weighted by molar-refractivity contribution is 5.95. The van der Waals surface area contributed by atoms with Gasteiger partial charge in [0.25, 0.3) is 5.91 Å². The molecule has 0 atom stereocenters. The fraction of sp³-hybridized carbons (Fsp3) is 0.417. The maximum absolute atomic E-state index is 12.6. The standard InChI is InChI=1S/C24H29N3O2/c28-22(25-16-11-19-5-2-1-3-6-19)20-7-9-21(10-8-20)26-23(29)27-17-4-12-24(13-14-24)15-18-27/h1-3,5-10H,4,11-18H2,(H,25,28)(H,26,29). The summed E-state index contributed by atoms with van der Waals surface area (Å²) in [6.45, 7) is 2.26. The van der Waals surface area contributed by atoms with Crippen molar-refractivity contribution in [1.29, 1.82) is 0 Å². The lowest BCUT2D eigenvalue weighted by Gasteiger charge is -2.21. The quantitative estimate of drug-likeness (QED) is 0.791. The second-order valence-corrected chi connectivity index (χ2v) is 8.34. The van der Waals surface area contributed by atoms with Crippen molar-refractivity contribution in [3.8, 4) is 0 Å². The number of benzene rings is 2. The summed E-state index contributed by atoms with van der Waals surface area (Å²) < 4.78 is 0. The number of anilines is 1. The Balaban J connectivity index is 1.25. The van der Waals surface area contributed by atoms with E-state index in [1.807, 2.05) is 23.1 Å². The zero-order valence-corrected chi connectivity index (χ0v) is 16.8. The molecule has 5 nitrogen and oxygen atoms in total. The van der Waals surface area contributed by atoms with Crippen molar-refractivity contribution in [2.45, 2.75) is 38.5 Å². The number of hydrogen-bond donors (Lipinski definition) is 2. The largest absolute Gasteiger partial charge is 0.352 e. The van der Waals surface area contributed by atoms with Crippen LogP contribution in [0.25, 0.3) is 0 Å². The third-order valence-corrected chi connectivity index (χ3v) is 6.23. The summed E-state index contributed by atoms with van der Waals surface area (Å²) in [6, 6.07) is 17.2. The summed E-state index contributed by atoms with van der Waals surface area (Å²) in [6.07, 6.45) is 6.94. The van der Waals surface area contributed by atoms with Gasteiger partial charge in [-0.2, -0.15) is 0 Å². The zero-order chi connectivity index (χ0) is 20.1. The Kier molecular flexibility index (Phi) is 5.84. The minimum absolute atomic E-state index is 0.0391. The summed E-state index contributed by atoms with van der Waals surface area (Å²) in [7, 11) is 0. The van der Waals surface area contributed by atoms with E-state index >= 15 is 0 Å². The Labute approximate surface area is 172 Å². The Morgan fingerprint density at radius 2 is 1.66 bits per heavy atom. The van der Waals surface area contributed by atoms with Crippen molar-refractivity contribution in [2.75, 3.05) is 25.0 Å². The number of urea groups is 1. The van der Waals surface area contributed by atoms with Gasteiger partial charge < -0.3 is 15.5 Å². The van der Waals surface area contributed by atoms with Gasteiger partial charge in [0.15, 0.2) is 0 Å². The first-order chi connectivity index (χ1) is 14.1. The van der Waals surface area contributed by atoms with E-state index < -0.39 is 0 Å². The molecule has 0 aromatic heterocycles. The van der Waals surface area contributed by atoms with Crippen molar-refractivity contribution in [3.05, 3.63) is 65.7 Å². The third kappa shape index (κ3) is 5.17. The van der Waals surface area contributed by atoms with E-state index in [1.165, 1.54) is 24.8 Å². The number of rotatable bonds is 5. The predicted molar refractivity (Wildman–Crippen MR) is 115 cm³/mol. The summed E-state index contributed by atoms with van der Waals surface area (Å²) in [5.41, 5.74) is 3.07. The maximum atomic E-state index is 12.6. The zero-order valence-electron chi connectivity index (χ0n) is 16.8. The molecule has 0 radical (unpaired) electrons. The van der Waals surface area contributed by atoms with E-state index in [-0.39, 0.29) is 11.9 Å². The number of likely N-dealkylation sites (tertiary alicyclic amines) is 1. The molecule has 1 saturated heterocycles.